The summed E-state index contributed by atoms with van der Waals surface area (Å²) < 4.78 is 12.0. The van der Waals surface area contributed by atoms with Gasteiger partial charge in [-0.05, 0) is 92.1 Å². The van der Waals surface area contributed by atoms with E-state index in [1.807, 2.05) is 62.4 Å². The fourth-order valence-corrected chi connectivity index (χ4v) is 5.57. The number of aromatic nitrogens is 2. The number of fused-ring (bicyclic) bond motifs is 3. The Labute approximate surface area is 240 Å². The van der Waals surface area contributed by atoms with Gasteiger partial charge < -0.3 is 24.5 Å². The highest BCUT2D eigenvalue weighted by Gasteiger charge is 2.28. The molecule has 0 aliphatic heterocycles. The molecule has 1 aliphatic carbocycles. The van der Waals surface area contributed by atoms with Crippen molar-refractivity contribution in [2.45, 2.75) is 65.6 Å². The molecule has 3 aromatic carbocycles. The zero-order chi connectivity index (χ0) is 29.3. The average Bonchev–Trinajstić information content (AvgIpc) is 3.20. The van der Waals surface area contributed by atoms with Gasteiger partial charge in [0.2, 0.25) is 0 Å². The highest BCUT2D eigenvalue weighted by molar-refractivity contribution is 5.82. The van der Waals surface area contributed by atoms with Gasteiger partial charge in [-0.3, -0.25) is 0 Å². The Hall–Kier alpha value is -4.23. The smallest absolute Gasteiger partial charge is 0.316 e. The molecule has 1 heterocycles. The Bertz CT molecular complexity index is 1580. The minimum absolute atomic E-state index is 0.0489. The van der Waals surface area contributed by atoms with Crippen molar-refractivity contribution < 1.29 is 24.5 Å². The molecule has 4 aromatic rings. The molecule has 0 saturated heterocycles. The lowest BCUT2D eigenvalue weighted by atomic mass is 9.94. The van der Waals surface area contributed by atoms with E-state index in [2.05, 4.69) is 29.0 Å². The molecule has 212 valence electrons. The van der Waals surface area contributed by atoms with Gasteiger partial charge in [-0.15, -0.1) is 0 Å². The maximum absolute atomic E-state index is 11.4. The van der Waals surface area contributed by atoms with Crippen LogP contribution in [0.25, 0.3) is 22.3 Å². The molecule has 1 unspecified atom stereocenters. The van der Waals surface area contributed by atoms with Gasteiger partial charge >= 0.3 is 6.01 Å². The number of aliphatic carboxylic acids is 1. The molecule has 0 fully saturated rings. The predicted octanol–water partition coefficient (Wildman–Crippen LogP) is 5.44. The molecule has 0 amide bonds. The summed E-state index contributed by atoms with van der Waals surface area (Å²) in [6.45, 7) is 10.2. The van der Waals surface area contributed by atoms with Gasteiger partial charge in [-0.25, -0.2) is 0 Å². The van der Waals surface area contributed by atoms with Crippen LogP contribution in [-0.4, -0.2) is 33.3 Å². The van der Waals surface area contributed by atoms with Crippen LogP contribution in [0.15, 0.2) is 60.7 Å². The number of carboxylic acid groups (broad SMARTS) is 1. The molecule has 0 radical (unpaired) electrons. The van der Waals surface area contributed by atoms with E-state index in [9.17, 15) is 15.0 Å². The summed E-state index contributed by atoms with van der Waals surface area (Å²) in [6, 6.07) is 20.2. The van der Waals surface area contributed by atoms with Gasteiger partial charge in [0.15, 0.2) is 0 Å². The van der Waals surface area contributed by atoms with Gasteiger partial charge in [0.05, 0.1) is 23.6 Å². The lowest BCUT2D eigenvalue weighted by Gasteiger charge is -2.18. The number of carboxylic acids is 1. The van der Waals surface area contributed by atoms with Crippen molar-refractivity contribution in [3.05, 3.63) is 94.3 Å². The second-order valence-electron chi connectivity index (χ2n) is 11.3. The van der Waals surface area contributed by atoms with Crippen LogP contribution >= 0.6 is 0 Å². The van der Waals surface area contributed by atoms with E-state index >= 15 is 0 Å². The Balaban J connectivity index is 1.36. The number of hydrogen-bond donors (Lipinski definition) is 1. The summed E-state index contributed by atoms with van der Waals surface area (Å²) in [4.78, 5) is 20.6. The van der Waals surface area contributed by atoms with Crippen LogP contribution in [0.4, 0.5) is 0 Å². The SMILES string of the molecule is Cc1nc(OCCC(C)(C)O)nc(C)c1-c1cccc(COc2ccc3c(c2)-c2ccccc2C3CC(=O)[O-])c1C. The highest BCUT2D eigenvalue weighted by Crippen LogP contribution is 2.47. The highest BCUT2D eigenvalue weighted by atomic mass is 16.5. The Kier molecular flexibility index (Phi) is 7.82. The number of aryl methyl sites for hydroxylation is 2. The number of nitrogens with zero attached hydrogens (tertiary/aromatic N) is 2. The van der Waals surface area contributed by atoms with Crippen LogP contribution in [0, 0.1) is 20.8 Å². The average molecular weight is 552 g/mol. The van der Waals surface area contributed by atoms with Crippen molar-refractivity contribution in [2.24, 2.45) is 0 Å². The van der Waals surface area contributed by atoms with E-state index in [1.165, 1.54) is 0 Å². The Morgan fingerprint density at radius 1 is 0.902 bits per heavy atom. The topological polar surface area (TPSA) is 105 Å². The van der Waals surface area contributed by atoms with E-state index in [1.54, 1.807) is 13.8 Å². The quantitative estimate of drug-likeness (QED) is 0.280. The van der Waals surface area contributed by atoms with Crippen molar-refractivity contribution in [2.75, 3.05) is 6.61 Å². The van der Waals surface area contributed by atoms with Gasteiger partial charge in [-0.1, -0.05) is 48.5 Å². The standard InChI is InChI=1S/C34H36N2O5/c1-20-23(9-8-12-25(20)32-21(2)35-33(36-22(32)3)40-16-15-34(4,5)39)19-41-24-13-14-28-29(17-24)26-10-6-7-11-27(26)30(28)18-31(37)38/h6-14,17,30,39H,15-16,18-19H2,1-5H3,(H,37,38)/p-1. The number of rotatable bonds is 10. The van der Waals surface area contributed by atoms with Crippen LogP contribution in [0.5, 0.6) is 11.8 Å². The molecular weight excluding hydrogens is 516 g/mol. The van der Waals surface area contributed by atoms with Gasteiger partial charge in [-0.2, -0.15) is 9.97 Å². The molecular formula is C34H35N2O5-. The van der Waals surface area contributed by atoms with Crippen molar-refractivity contribution in [3.8, 4) is 34.0 Å². The summed E-state index contributed by atoms with van der Waals surface area (Å²) in [6.07, 6.45) is 0.432. The lowest BCUT2D eigenvalue weighted by molar-refractivity contribution is -0.305. The zero-order valence-corrected chi connectivity index (χ0v) is 24.2. The fourth-order valence-electron chi connectivity index (χ4n) is 5.57. The second-order valence-corrected chi connectivity index (χ2v) is 11.3. The molecule has 41 heavy (non-hydrogen) atoms. The lowest BCUT2D eigenvalue weighted by Crippen LogP contribution is -2.24. The maximum Gasteiger partial charge on any atom is 0.316 e. The van der Waals surface area contributed by atoms with Crippen LogP contribution in [0.2, 0.25) is 0 Å². The van der Waals surface area contributed by atoms with Crippen LogP contribution in [0.3, 0.4) is 0 Å². The van der Waals surface area contributed by atoms with Crippen molar-refractivity contribution >= 4 is 5.97 Å². The minimum Gasteiger partial charge on any atom is -0.550 e. The molecule has 1 aromatic heterocycles. The molecule has 0 bridgehead atoms. The zero-order valence-electron chi connectivity index (χ0n) is 24.2. The molecule has 7 heteroatoms. The van der Waals surface area contributed by atoms with E-state index in [0.717, 1.165) is 61.6 Å². The first kappa shape index (κ1) is 28.3. The van der Waals surface area contributed by atoms with E-state index in [0.29, 0.717) is 25.6 Å². The number of hydrogen-bond acceptors (Lipinski definition) is 7. The summed E-state index contributed by atoms with van der Waals surface area (Å²) in [5.74, 6) is -0.552. The third-order valence-electron chi connectivity index (χ3n) is 7.70. The van der Waals surface area contributed by atoms with Crippen LogP contribution in [-0.2, 0) is 11.4 Å². The summed E-state index contributed by atoms with van der Waals surface area (Å²) >= 11 is 0. The summed E-state index contributed by atoms with van der Waals surface area (Å²) in [7, 11) is 0. The van der Waals surface area contributed by atoms with Crippen LogP contribution in [0.1, 0.15) is 66.2 Å². The summed E-state index contributed by atoms with van der Waals surface area (Å²) in [5.41, 5.74) is 8.99. The molecule has 5 rings (SSSR count). The number of ether oxygens (including phenoxy) is 2. The number of aliphatic hydroxyl groups is 1. The van der Waals surface area contributed by atoms with Crippen LogP contribution < -0.4 is 14.6 Å². The first-order valence-electron chi connectivity index (χ1n) is 13.9. The number of benzene rings is 3. The largest absolute Gasteiger partial charge is 0.550 e. The van der Waals surface area contributed by atoms with Crippen molar-refractivity contribution in [1.82, 2.24) is 9.97 Å². The van der Waals surface area contributed by atoms with Crippen molar-refractivity contribution in [1.29, 1.82) is 0 Å². The monoisotopic (exact) mass is 551 g/mol. The van der Waals surface area contributed by atoms with Gasteiger partial charge in [0.1, 0.15) is 12.4 Å². The normalized spacial score (nSPS) is 14.0. The molecule has 1 aliphatic rings. The molecule has 0 spiro atoms. The first-order chi connectivity index (χ1) is 19.5. The van der Waals surface area contributed by atoms with Gasteiger partial charge in [0.25, 0.3) is 0 Å². The maximum atomic E-state index is 11.4. The summed E-state index contributed by atoms with van der Waals surface area (Å²) in [5, 5.41) is 21.4. The Morgan fingerprint density at radius 3 is 2.29 bits per heavy atom. The number of carbonyl (C=O) groups excluding carboxylic acids is 1. The van der Waals surface area contributed by atoms with E-state index in [-0.39, 0.29) is 12.3 Å². The van der Waals surface area contributed by atoms with Crippen molar-refractivity contribution in [3.63, 3.8) is 0 Å². The Morgan fingerprint density at radius 2 is 1.59 bits per heavy atom. The third-order valence-corrected chi connectivity index (χ3v) is 7.70. The molecule has 7 nitrogen and oxygen atoms in total. The third kappa shape index (κ3) is 6.10. The number of carbonyl (C=O) groups is 1. The first-order valence-corrected chi connectivity index (χ1v) is 13.9. The van der Waals surface area contributed by atoms with E-state index in [4.69, 9.17) is 9.47 Å². The molecule has 1 N–H and O–H groups in total. The van der Waals surface area contributed by atoms with Gasteiger partial charge in [0, 0.05) is 23.9 Å². The van der Waals surface area contributed by atoms with E-state index < -0.39 is 11.6 Å². The molecule has 0 saturated carbocycles. The molecule has 1 atom stereocenters. The predicted molar refractivity (Wildman–Crippen MR) is 156 cm³/mol. The minimum atomic E-state index is -1.06. The fraction of sp³-hybridized carbons (Fsp3) is 0.324. The second kappa shape index (κ2) is 11.3.